The van der Waals surface area contributed by atoms with Crippen molar-refractivity contribution < 1.29 is 18.3 Å². The molecule has 1 N–H and O–H groups in total. The van der Waals surface area contributed by atoms with Gasteiger partial charge in [-0.05, 0) is 131 Å². The normalized spacial score (nSPS) is 23.5. The van der Waals surface area contributed by atoms with Gasteiger partial charge in [-0.15, -0.1) is 10.2 Å². The number of ether oxygens (including phenoxy) is 1. The van der Waals surface area contributed by atoms with Crippen LogP contribution >= 0.6 is 0 Å². The summed E-state index contributed by atoms with van der Waals surface area (Å²) in [5.41, 5.74) is 4.77. The highest BCUT2D eigenvalue weighted by atomic mass is 19.1. The molecule has 4 aliphatic rings. The Balaban J connectivity index is 1.02. The molecule has 3 aliphatic heterocycles. The van der Waals surface area contributed by atoms with Crippen LogP contribution in [0, 0.1) is 31.4 Å². The SMILES string of the molecule is Cc1cc(-n2nc3c(c2-n2ccn(-c4ccc5c(cnn5C)c4F)c2=O)[C@@H]2CC[C@H](C3)N2C(=O)c2cc3cc([C@H]4CCOC(C)(C)C4)ccc3n2[C@@]2(c3nn[nH]n3)C[C@@H]2C)cc(C)c1F. The molecular weight excluding hydrogens is 831 g/mol. The molecule has 0 unspecified atom stereocenters. The van der Waals surface area contributed by atoms with E-state index >= 15 is 13.6 Å². The summed E-state index contributed by atoms with van der Waals surface area (Å²) >= 11 is 0. The number of H-pyrrole nitrogens is 1. The molecule has 1 aliphatic carbocycles. The van der Waals surface area contributed by atoms with Crippen molar-refractivity contribution in [2.45, 2.75) is 102 Å². The minimum Gasteiger partial charge on any atom is -0.376 e. The van der Waals surface area contributed by atoms with Gasteiger partial charge in [0.2, 0.25) is 5.82 Å². The number of aryl methyl sites for hydroxylation is 3. The van der Waals surface area contributed by atoms with Crippen molar-refractivity contribution >= 4 is 27.7 Å². The van der Waals surface area contributed by atoms with E-state index in [2.05, 4.69) is 69.3 Å². The van der Waals surface area contributed by atoms with Crippen molar-refractivity contribution in [3.05, 3.63) is 129 Å². The zero-order valence-corrected chi connectivity index (χ0v) is 37.0. The van der Waals surface area contributed by atoms with E-state index in [-0.39, 0.29) is 35.0 Å². The molecule has 3 aromatic carbocycles. The molecule has 332 valence electrons. The van der Waals surface area contributed by atoms with Gasteiger partial charge in [0.15, 0.2) is 5.82 Å². The summed E-state index contributed by atoms with van der Waals surface area (Å²) in [5.74, 6) is 0.346. The van der Waals surface area contributed by atoms with Gasteiger partial charge >= 0.3 is 5.69 Å². The Morgan fingerprint density at radius 1 is 0.938 bits per heavy atom. The fourth-order valence-electron chi connectivity index (χ4n) is 11.6. The predicted molar refractivity (Wildman–Crippen MR) is 237 cm³/mol. The first kappa shape index (κ1) is 39.8. The summed E-state index contributed by atoms with van der Waals surface area (Å²) in [5, 5.41) is 26.2. The largest absolute Gasteiger partial charge is 0.376 e. The van der Waals surface area contributed by atoms with Crippen molar-refractivity contribution in [3.63, 3.8) is 0 Å². The van der Waals surface area contributed by atoms with Crippen LogP contribution in [0.15, 0.2) is 71.9 Å². The van der Waals surface area contributed by atoms with E-state index in [1.165, 1.54) is 20.9 Å². The molecule has 0 radical (unpaired) electrons. The summed E-state index contributed by atoms with van der Waals surface area (Å²) < 4.78 is 45.6. The zero-order chi connectivity index (χ0) is 44.8. The Bertz CT molecular complexity index is 3310. The molecule has 3 fully saturated rings. The molecule has 2 saturated heterocycles. The predicted octanol–water partition coefficient (Wildman–Crippen LogP) is 7.42. The third kappa shape index (κ3) is 5.76. The Morgan fingerprint density at radius 3 is 2.45 bits per heavy atom. The van der Waals surface area contributed by atoms with Crippen molar-refractivity contribution in [3.8, 4) is 17.2 Å². The first-order valence-corrected chi connectivity index (χ1v) is 22.4. The lowest BCUT2D eigenvalue weighted by Crippen LogP contribution is -2.43. The van der Waals surface area contributed by atoms with Gasteiger partial charge in [-0.2, -0.15) is 15.4 Å². The van der Waals surface area contributed by atoms with Gasteiger partial charge in [0.25, 0.3) is 5.91 Å². The number of nitrogens with zero attached hydrogens (tertiary/aromatic N) is 11. The van der Waals surface area contributed by atoms with Crippen LogP contribution in [0.25, 0.3) is 39.0 Å². The number of hydrogen-bond donors (Lipinski definition) is 1. The van der Waals surface area contributed by atoms with Crippen LogP contribution in [0.5, 0.6) is 0 Å². The quantitative estimate of drug-likeness (QED) is 0.174. The number of nitrogens with one attached hydrogen (secondary N) is 1. The molecule has 15 nitrogen and oxygen atoms in total. The second kappa shape index (κ2) is 13.9. The first-order chi connectivity index (χ1) is 31.2. The number of hydrogen-bond acceptors (Lipinski definition) is 8. The Labute approximate surface area is 371 Å². The maximum Gasteiger partial charge on any atom is 0.338 e. The number of carbonyl (C=O) groups excluding carboxylic acids is 1. The summed E-state index contributed by atoms with van der Waals surface area (Å²) in [6.07, 6.45) is 8.92. The van der Waals surface area contributed by atoms with Crippen LogP contribution in [-0.2, 0) is 23.7 Å². The van der Waals surface area contributed by atoms with Gasteiger partial charge in [0.1, 0.15) is 22.9 Å². The Kier molecular flexibility index (Phi) is 8.50. The monoisotopic (exact) mass is 878 g/mol. The van der Waals surface area contributed by atoms with Crippen LogP contribution in [0.1, 0.15) is 109 Å². The van der Waals surface area contributed by atoms with E-state index in [0.717, 1.165) is 47.8 Å². The van der Waals surface area contributed by atoms with Crippen LogP contribution in [0.4, 0.5) is 8.78 Å². The maximum absolute atomic E-state index is 16.2. The second-order valence-corrected chi connectivity index (χ2v) is 19.3. The molecule has 12 rings (SSSR count). The molecule has 0 spiro atoms. The standard InChI is InChI=1S/C48H48F2N12O3/c1-25-17-32(18-26(2)41(25)49)62-43(59-15-14-58(46(59)64)38-12-11-36-33(42(38)50)24-51-57(36)6)40-34(54-62)21-31-8-10-37(40)60(31)44(63)39-20-30-19-28(29-13-16-65-47(4,5)23-29)7-9-35(30)61(39)48(22-27(48)3)45-52-55-56-53-45/h7,9,11-12,14-15,17-20,24,27,29,31,37H,8,10,13,16,21-23H2,1-6H3,(H,52,53,55,56)/t27-,29-,31+,37-,48-/m0/s1. The summed E-state index contributed by atoms with van der Waals surface area (Å²) in [4.78, 5) is 32.5. The van der Waals surface area contributed by atoms with Crippen LogP contribution in [0.2, 0.25) is 0 Å². The third-order valence-corrected chi connectivity index (χ3v) is 14.9. The van der Waals surface area contributed by atoms with Gasteiger partial charge in [-0.25, -0.2) is 18.3 Å². The number of imidazole rings is 1. The summed E-state index contributed by atoms with van der Waals surface area (Å²) in [6.45, 7) is 10.5. The van der Waals surface area contributed by atoms with Crippen molar-refractivity contribution in [1.29, 1.82) is 0 Å². The number of aromatic nitrogens is 11. The van der Waals surface area contributed by atoms with Crippen molar-refractivity contribution in [2.24, 2.45) is 13.0 Å². The van der Waals surface area contributed by atoms with E-state index in [1.54, 1.807) is 66.9 Å². The molecule has 8 aromatic rings. The number of tetrazole rings is 1. The molecular formula is C48H48F2N12O3. The number of rotatable bonds is 7. The minimum atomic E-state index is -0.694. The van der Waals surface area contributed by atoms with E-state index in [0.29, 0.717) is 70.4 Å². The number of fused-ring (bicyclic) bond motifs is 6. The molecule has 1 amide bonds. The molecule has 65 heavy (non-hydrogen) atoms. The van der Waals surface area contributed by atoms with Gasteiger partial charge in [-0.1, -0.05) is 18.2 Å². The molecule has 17 heteroatoms. The molecule has 1 saturated carbocycles. The second-order valence-electron chi connectivity index (χ2n) is 19.3. The lowest BCUT2D eigenvalue weighted by atomic mass is 9.83. The van der Waals surface area contributed by atoms with Crippen LogP contribution in [0.3, 0.4) is 0 Å². The number of carbonyl (C=O) groups is 1. The fraction of sp³-hybridized carbons (Fsp3) is 0.396. The van der Waals surface area contributed by atoms with Gasteiger partial charge in [0.05, 0.1) is 45.8 Å². The maximum atomic E-state index is 16.2. The average molecular weight is 879 g/mol. The van der Waals surface area contributed by atoms with Crippen LogP contribution in [-0.4, -0.2) is 82.9 Å². The van der Waals surface area contributed by atoms with Crippen LogP contribution < -0.4 is 5.69 Å². The lowest BCUT2D eigenvalue weighted by Gasteiger charge is -2.36. The number of benzene rings is 3. The molecule has 2 bridgehead atoms. The fourth-order valence-corrected chi connectivity index (χ4v) is 11.6. The van der Waals surface area contributed by atoms with Gasteiger partial charge < -0.3 is 14.2 Å². The van der Waals surface area contributed by atoms with Crippen molar-refractivity contribution in [1.82, 2.24) is 58.8 Å². The highest BCUT2D eigenvalue weighted by molar-refractivity contribution is 6.00. The lowest BCUT2D eigenvalue weighted by molar-refractivity contribution is -0.0592. The Hall–Kier alpha value is -6.75. The number of aromatic amines is 1. The summed E-state index contributed by atoms with van der Waals surface area (Å²) in [6, 6.07) is 14.7. The third-order valence-electron chi connectivity index (χ3n) is 14.9. The highest BCUT2D eigenvalue weighted by Gasteiger charge is 2.60. The summed E-state index contributed by atoms with van der Waals surface area (Å²) in [7, 11) is 1.73. The number of amides is 1. The zero-order valence-electron chi connectivity index (χ0n) is 37.0. The first-order valence-electron chi connectivity index (χ1n) is 22.4. The minimum absolute atomic E-state index is 0.0711. The number of halogens is 2. The van der Waals surface area contributed by atoms with E-state index < -0.39 is 23.1 Å². The highest BCUT2D eigenvalue weighted by Crippen LogP contribution is 2.56. The van der Waals surface area contributed by atoms with E-state index in [1.807, 2.05) is 11.0 Å². The smallest absolute Gasteiger partial charge is 0.338 e. The average Bonchev–Trinajstić information content (AvgIpc) is 4.02. The topological polar surface area (TPSA) is 152 Å². The molecule has 5 aromatic heterocycles. The van der Waals surface area contributed by atoms with E-state index in [4.69, 9.17) is 9.84 Å². The molecule has 8 heterocycles. The van der Waals surface area contributed by atoms with Gasteiger partial charge in [0, 0.05) is 55.0 Å². The van der Waals surface area contributed by atoms with E-state index in [9.17, 15) is 4.79 Å². The molecule has 5 atom stereocenters. The Morgan fingerprint density at radius 2 is 1.71 bits per heavy atom. The van der Waals surface area contributed by atoms with Gasteiger partial charge in [-0.3, -0.25) is 18.6 Å². The van der Waals surface area contributed by atoms with Crippen molar-refractivity contribution in [2.75, 3.05) is 6.61 Å².